The van der Waals surface area contributed by atoms with E-state index >= 15 is 0 Å². The normalized spacial score (nSPS) is 9.41. The molecule has 1 nitrogen and oxygen atoms in total. The van der Waals surface area contributed by atoms with Crippen LogP contribution in [0.15, 0.2) is 78.9 Å². The first kappa shape index (κ1) is 22.2. The number of aromatic hydroxyl groups is 1. The number of aryl methyl sites for hydroxylation is 2. The van der Waals surface area contributed by atoms with Crippen molar-refractivity contribution >= 4 is 16.3 Å². The van der Waals surface area contributed by atoms with E-state index in [-0.39, 0.29) is 5.75 Å². The summed E-state index contributed by atoms with van der Waals surface area (Å²) in [4.78, 5) is 0. The molecule has 1 N–H and O–H groups in total. The SMILES string of the molecule is C=C(C=C(C)C)c1c(O)ccc2ccccc12.CC.Cc1ccc(C)cc1. The zero-order valence-electron chi connectivity index (χ0n) is 17.5. The minimum Gasteiger partial charge on any atom is -0.507 e. The lowest BCUT2D eigenvalue weighted by Gasteiger charge is -2.09. The summed E-state index contributed by atoms with van der Waals surface area (Å²) < 4.78 is 0. The number of phenols is 1. The zero-order valence-corrected chi connectivity index (χ0v) is 17.5. The molecule has 0 aliphatic carbocycles. The number of allylic oxidation sites excluding steroid dienone is 3. The smallest absolute Gasteiger partial charge is 0.124 e. The van der Waals surface area contributed by atoms with E-state index < -0.39 is 0 Å². The van der Waals surface area contributed by atoms with Crippen LogP contribution in [0.5, 0.6) is 5.75 Å². The fourth-order valence-electron chi connectivity index (χ4n) is 2.66. The second kappa shape index (κ2) is 11.0. The molecule has 3 aromatic carbocycles. The Labute approximate surface area is 164 Å². The van der Waals surface area contributed by atoms with Crippen molar-refractivity contribution in [3.8, 4) is 5.75 Å². The van der Waals surface area contributed by atoms with E-state index in [9.17, 15) is 5.11 Å². The Hall–Kier alpha value is -2.80. The van der Waals surface area contributed by atoms with Crippen LogP contribution in [-0.4, -0.2) is 5.11 Å². The quantitative estimate of drug-likeness (QED) is 0.461. The molecule has 0 radical (unpaired) electrons. The number of benzene rings is 3. The Kier molecular flexibility index (Phi) is 9.08. The van der Waals surface area contributed by atoms with Crippen LogP contribution in [0.1, 0.15) is 44.4 Å². The van der Waals surface area contributed by atoms with Gasteiger partial charge in [0.1, 0.15) is 5.75 Å². The van der Waals surface area contributed by atoms with Crippen molar-refractivity contribution in [2.24, 2.45) is 0 Å². The van der Waals surface area contributed by atoms with Gasteiger partial charge < -0.3 is 5.11 Å². The van der Waals surface area contributed by atoms with Crippen LogP contribution in [0, 0.1) is 13.8 Å². The van der Waals surface area contributed by atoms with Crippen LogP contribution in [0.2, 0.25) is 0 Å². The van der Waals surface area contributed by atoms with Crippen LogP contribution in [0.3, 0.4) is 0 Å². The van der Waals surface area contributed by atoms with E-state index in [2.05, 4.69) is 44.7 Å². The van der Waals surface area contributed by atoms with Crippen molar-refractivity contribution in [1.82, 2.24) is 0 Å². The maximum Gasteiger partial charge on any atom is 0.124 e. The minimum absolute atomic E-state index is 0.284. The predicted molar refractivity (Wildman–Crippen MR) is 121 cm³/mol. The van der Waals surface area contributed by atoms with Crippen molar-refractivity contribution in [2.75, 3.05) is 0 Å². The molecule has 0 heterocycles. The Bertz CT molecular complexity index is 874. The van der Waals surface area contributed by atoms with Crippen molar-refractivity contribution < 1.29 is 5.11 Å². The molecule has 0 saturated carbocycles. The number of phenolic OH excluding ortho intramolecular Hbond substituents is 1. The molecule has 0 aromatic heterocycles. The molecule has 0 bridgehead atoms. The Balaban J connectivity index is 0.000000305. The van der Waals surface area contributed by atoms with E-state index in [4.69, 9.17) is 0 Å². The number of hydrogen-bond acceptors (Lipinski definition) is 1. The third-order valence-corrected chi connectivity index (χ3v) is 3.91. The molecule has 0 saturated heterocycles. The van der Waals surface area contributed by atoms with E-state index in [1.54, 1.807) is 6.07 Å². The Morgan fingerprint density at radius 3 is 1.85 bits per heavy atom. The third-order valence-electron chi connectivity index (χ3n) is 3.91. The van der Waals surface area contributed by atoms with E-state index in [1.807, 2.05) is 64.1 Å². The van der Waals surface area contributed by atoms with Gasteiger partial charge >= 0.3 is 0 Å². The van der Waals surface area contributed by atoms with Gasteiger partial charge in [-0.1, -0.05) is 97.8 Å². The fourth-order valence-corrected chi connectivity index (χ4v) is 2.66. The van der Waals surface area contributed by atoms with E-state index in [0.717, 1.165) is 21.9 Å². The van der Waals surface area contributed by atoms with E-state index in [0.29, 0.717) is 0 Å². The highest BCUT2D eigenvalue weighted by Crippen LogP contribution is 2.33. The summed E-state index contributed by atoms with van der Waals surface area (Å²) in [7, 11) is 0. The van der Waals surface area contributed by atoms with Crippen molar-refractivity contribution in [3.05, 3.63) is 95.6 Å². The molecule has 0 spiro atoms. The summed E-state index contributed by atoms with van der Waals surface area (Å²) in [5.41, 5.74) is 5.50. The van der Waals surface area contributed by atoms with Gasteiger partial charge in [0, 0.05) is 5.56 Å². The third kappa shape index (κ3) is 6.79. The van der Waals surface area contributed by atoms with Gasteiger partial charge in [0.15, 0.2) is 0 Å². The lowest BCUT2D eigenvalue weighted by atomic mass is 9.97. The van der Waals surface area contributed by atoms with Gasteiger partial charge in [-0.05, 0) is 50.1 Å². The first-order valence-electron chi connectivity index (χ1n) is 9.46. The average Bonchev–Trinajstić information content (AvgIpc) is 2.65. The molecular weight excluding hydrogens is 328 g/mol. The lowest BCUT2D eigenvalue weighted by molar-refractivity contribution is 0.474. The molecule has 0 atom stereocenters. The van der Waals surface area contributed by atoms with Crippen molar-refractivity contribution in [1.29, 1.82) is 0 Å². The molecule has 0 aliphatic heterocycles. The second-order valence-electron chi connectivity index (χ2n) is 6.58. The van der Waals surface area contributed by atoms with Gasteiger partial charge in [-0.2, -0.15) is 0 Å². The monoisotopic (exact) mass is 360 g/mol. The number of rotatable bonds is 2. The van der Waals surface area contributed by atoms with Crippen molar-refractivity contribution in [3.63, 3.8) is 0 Å². The van der Waals surface area contributed by atoms with Crippen LogP contribution < -0.4 is 0 Å². The maximum absolute atomic E-state index is 10.0. The maximum atomic E-state index is 10.0. The zero-order chi connectivity index (χ0) is 20.4. The molecule has 1 heteroatoms. The van der Waals surface area contributed by atoms with Gasteiger partial charge in [-0.3, -0.25) is 0 Å². The largest absolute Gasteiger partial charge is 0.507 e. The van der Waals surface area contributed by atoms with Gasteiger partial charge in [0.2, 0.25) is 0 Å². The average molecular weight is 361 g/mol. The molecule has 3 aromatic rings. The first-order chi connectivity index (χ1) is 12.9. The van der Waals surface area contributed by atoms with Gasteiger partial charge in [-0.15, -0.1) is 0 Å². The van der Waals surface area contributed by atoms with Crippen LogP contribution >= 0.6 is 0 Å². The Morgan fingerprint density at radius 1 is 0.815 bits per heavy atom. The highest BCUT2D eigenvalue weighted by atomic mass is 16.3. The van der Waals surface area contributed by atoms with Crippen molar-refractivity contribution in [2.45, 2.75) is 41.5 Å². The summed E-state index contributed by atoms with van der Waals surface area (Å²) in [5.74, 6) is 0.284. The van der Waals surface area contributed by atoms with Gasteiger partial charge in [-0.25, -0.2) is 0 Å². The Morgan fingerprint density at radius 2 is 1.33 bits per heavy atom. The topological polar surface area (TPSA) is 20.2 Å². The molecule has 27 heavy (non-hydrogen) atoms. The summed E-state index contributed by atoms with van der Waals surface area (Å²) in [6, 6.07) is 20.1. The molecule has 3 rings (SSSR count). The fraction of sp³-hybridized carbons (Fsp3) is 0.231. The molecule has 0 amide bonds. The van der Waals surface area contributed by atoms with Crippen LogP contribution in [0.25, 0.3) is 16.3 Å². The second-order valence-corrected chi connectivity index (χ2v) is 6.58. The standard InChI is InChI=1S/C16H16O.C8H10.C2H6/c1-11(2)10-12(3)16-14-7-5-4-6-13(14)8-9-15(16)17;1-7-3-5-8(2)6-4-7;1-2/h4-10,17H,3H2,1-2H3;3-6H,1-2H3;1-2H3. The summed E-state index contributed by atoms with van der Waals surface area (Å²) in [6.45, 7) is 16.3. The first-order valence-corrected chi connectivity index (χ1v) is 9.46. The van der Waals surface area contributed by atoms with E-state index in [1.165, 1.54) is 16.7 Å². The van der Waals surface area contributed by atoms with Gasteiger partial charge in [0.05, 0.1) is 0 Å². The highest BCUT2D eigenvalue weighted by Gasteiger charge is 2.08. The summed E-state index contributed by atoms with van der Waals surface area (Å²) >= 11 is 0. The van der Waals surface area contributed by atoms with Gasteiger partial charge in [0.25, 0.3) is 0 Å². The summed E-state index contributed by atoms with van der Waals surface area (Å²) in [6.07, 6.45) is 1.99. The molecule has 142 valence electrons. The van der Waals surface area contributed by atoms with Crippen LogP contribution in [-0.2, 0) is 0 Å². The highest BCUT2D eigenvalue weighted by molar-refractivity contribution is 5.98. The van der Waals surface area contributed by atoms with Crippen LogP contribution in [0.4, 0.5) is 0 Å². The predicted octanol–water partition coefficient (Wildman–Crippen LogP) is 7.85. The molecule has 0 aliphatic rings. The minimum atomic E-state index is 0.284. The lowest BCUT2D eigenvalue weighted by Crippen LogP contribution is -1.85. The number of hydrogen-bond donors (Lipinski definition) is 1. The molecule has 0 unspecified atom stereocenters. The number of fused-ring (bicyclic) bond motifs is 1. The molecular formula is C26H32O. The summed E-state index contributed by atoms with van der Waals surface area (Å²) in [5, 5.41) is 12.2. The molecule has 0 fully saturated rings.